The van der Waals surface area contributed by atoms with Gasteiger partial charge in [-0.15, -0.1) is 0 Å². The van der Waals surface area contributed by atoms with Gasteiger partial charge < -0.3 is 10.4 Å². The second kappa shape index (κ2) is 3.00. The smallest absolute Gasteiger partial charge is 0.0626 e. The molecular weight excluding hydrogens is 150 g/mol. The Kier molecular flexibility index (Phi) is 2.13. The monoisotopic (exact) mass is 169 g/mol. The van der Waals surface area contributed by atoms with Crippen LogP contribution in [0.2, 0.25) is 0 Å². The van der Waals surface area contributed by atoms with E-state index in [0.29, 0.717) is 11.8 Å². The van der Waals surface area contributed by atoms with Crippen molar-refractivity contribution in [2.45, 2.75) is 38.2 Å². The zero-order valence-electron chi connectivity index (χ0n) is 7.84. The third kappa shape index (κ3) is 1.80. The Labute approximate surface area is 74.4 Å². The minimum Gasteiger partial charge on any atom is -0.390 e. The van der Waals surface area contributed by atoms with Crippen LogP contribution in [0.25, 0.3) is 0 Å². The quantitative estimate of drug-likeness (QED) is 0.570. The van der Waals surface area contributed by atoms with E-state index in [1.165, 1.54) is 12.8 Å². The summed E-state index contributed by atoms with van der Waals surface area (Å²) in [4.78, 5) is 0. The molecule has 0 aromatic heterocycles. The van der Waals surface area contributed by atoms with Crippen molar-refractivity contribution in [1.29, 1.82) is 0 Å². The minimum absolute atomic E-state index is 0.381. The zero-order chi connectivity index (χ0) is 8.60. The van der Waals surface area contributed by atoms with E-state index in [-0.39, 0.29) is 5.60 Å². The number of fused-ring (bicyclic) bond motifs is 3. The number of hydrogen-bond acceptors (Lipinski definition) is 2. The van der Waals surface area contributed by atoms with Crippen molar-refractivity contribution < 1.29 is 5.11 Å². The maximum absolute atomic E-state index is 10.0. The maximum atomic E-state index is 10.0. The molecule has 70 valence electrons. The lowest BCUT2D eigenvalue weighted by Crippen LogP contribution is -2.37. The molecule has 12 heavy (non-hydrogen) atoms. The number of rotatable bonds is 0. The highest BCUT2D eigenvalue weighted by atomic mass is 16.3. The third-order valence-electron chi connectivity index (χ3n) is 3.31. The van der Waals surface area contributed by atoms with E-state index in [1.54, 1.807) is 0 Å². The van der Waals surface area contributed by atoms with Gasteiger partial charge >= 0.3 is 0 Å². The molecule has 2 N–H and O–H groups in total. The Morgan fingerprint density at radius 1 is 1.17 bits per heavy atom. The van der Waals surface area contributed by atoms with Crippen molar-refractivity contribution in [3.05, 3.63) is 0 Å². The Bertz CT molecular complexity index is 151. The molecule has 1 saturated carbocycles. The van der Waals surface area contributed by atoms with E-state index < -0.39 is 0 Å². The molecule has 0 radical (unpaired) electrons. The zero-order valence-corrected chi connectivity index (χ0v) is 7.84. The van der Waals surface area contributed by atoms with Gasteiger partial charge in [0.2, 0.25) is 0 Å². The van der Waals surface area contributed by atoms with Crippen LogP contribution >= 0.6 is 0 Å². The van der Waals surface area contributed by atoms with Crippen LogP contribution < -0.4 is 5.32 Å². The topological polar surface area (TPSA) is 32.3 Å². The van der Waals surface area contributed by atoms with Gasteiger partial charge in [0.05, 0.1) is 5.60 Å². The molecule has 0 aromatic carbocycles. The Balaban J connectivity index is 2.11. The SMILES string of the molecule is CC1(O)CC2CCC(CNC2)C1. The fraction of sp³-hybridized carbons (Fsp3) is 1.00. The highest BCUT2D eigenvalue weighted by molar-refractivity contribution is 4.88. The van der Waals surface area contributed by atoms with Crippen molar-refractivity contribution in [2.75, 3.05) is 13.1 Å². The van der Waals surface area contributed by atoms with Crippen LogP contribution in [-0.2, 0) is 0 Å². The molecule has 2 nitrogen and oxygen atoms in total. The highest BCUT2D eigenvalue weighted by Crippen LogP contribution is 2.35. The summed E-state index contributed by atoms with van der Waals surface area (Å²) in [6, 6.07) is 0. The van der Waals surface area contributed by atoms with Crippen LogP contribution in [0, 0.1) is 11.8 Å². The second-order valence-electron chi connectivity index (χ2n) is 4.87. The van der Waals surface area contributed by atoms with Crippen molar-refractivity contribution in [1.82, 2.24) is 5.32 Å². The summed E-state index contributed by atoms with van der Waals surface area (Å²) in [6.45, 7) is 4.24. The lowest BCUT2D eigenvalue weighted by Gasteiger charge is -2.30. The minimum atomic E-state index is -0.381. The molecule has 2 unspecified atom stereocenters. The van der Waals surface area contributed by atoms with E-state index in [4.69, 9.17) is 0 Å². The fourth-order valence-electron chi connectivity index (χ4n) is 2.84. The summed E-state index contributed by atoms with van der Waals surface area (Å²) in [6.07, 6.45) is 4.62. The first-order valence-electron chi connectivity index (χ1n) is 5.09. The molecule has 2 heteroatoms. The number of hydrogen-bond donors (Lipinski definition) is 2. The first kappa shape index (κ1) is 8.52. The summed E-state index contributed by atoms with van der Waals surface area (Å²) in [5.41, 5.74) is -0.381. The van der Waals surface area contributed by atoms with Crippen LogP contribution in [0.3, 0.4) is 0 Å². The van der Waals surface area contributed by atoms with E-state index in [0.717, 1.165) is 25.9 Å². The standard InChI is InChI=1S/C10H19NO/c1-10(12)4-8-2-3-9(5-10)7-11-6-8/h8-9,11-12H,2-7H2,1H3. The molecule has 0 amide bonds. The van der Waals surface area contributed by atoms with Gasteiger partial charge in [0, 0.05) is 0 Å². The van der Waals surface area contributed by atoms with Gasteiger partial charge in [-0.05, 0) is 57.5 Å². The van der Waals surface area contributed by atoms with E-state index in [2.05, 4.69) is 5.32 Å². The molecule has 2 rings (SSSR count). The van der Waals surface area contributed by atoms with Crippen molar-refractivity contribution in [3.8, 4) is 0 Å². The van der Waals surface area contributed by atoms with E-state index in [9.17, 15) is 5.11 Å². The van der Waals surface area contributed by atoms with Gasteiger partial charge in [0.1, 0.15) is 0 Å². The lowest BCUT2D eigenvalue weighted by molar-refractivity contribution is 0.0162. The van der Waals surface area contributed by atoms with Crippen LogP contribution in [0.5, 0.6) is 0 Å². The molecule has 1 heterocycles. The number of aliphatic hydroxyl groups is 1. The molecule has 0 spiro atoms. The predicted octanol–water partition coefficient (Wildman–Crippen LogP) is 1.15. The molecule has 2 aliphatic rings. The first-order valence-corrected chi connectivity index (χ1v) is 5.09. The largest absolute Gasteiger partial charge is 0.390 e. The van der Waals surface area contributed by atoms with Crippen molar-refractivity contribution in [3.63, 3.8) is 0 Å². The van der Waals surface area contributed by atoms with E-state index >= 15 is 0 Å². The van der Waals surface area contributed by atoms with Gasteiger partial charge in [-0.3, -0.25) is 0 Å². The molecule has 1 saturated heterocycles. The molecular formula is C10H19NO. The van der Waals surface area contributed by atoms with Gasteiger partial charge in [-0.2, -0.15) is 0 Å². The number of nitrogens with one attached hydrogen (secondary N) is 1. The maximum Gasteiger partial charge on any atom is 0.0626 e. The van der Waals surface area contributed by atoms with Crippen LogP contribution in [-0.4, -0.2) is 23.8 Å². The summed E-state index contributed by atoms with van der Waals surface area (Å²) in [5.74, 6) is 1.43. The van der Waals surface area contributed by atoms with E-state index in [1.807, 2.05) is 6.92 Å². The van der Waals surface area contributed by atoms with Gasteiger partial charge in [0.25, 0.3) is 0 Å². The van der Waals surface area contributed by atoms with Gasteiger partial charge in [-0.25, -0.2) is 0 Å². The van der Waals surface area contributed by atoms with Crippen LogP contribution in [0.1, 0.15) is 32.6 Å². The van der Waals surface area contributed by atoms with Crippen LogP contribution in [0.15, 0.2) is 0 Å². The Morgan fingerprint density at radius 3 is 2.17 bits per heavy atom. The third-order valence-corrected chi connectivity index (χ3v) is 3.31. The lowest BCUT2D eigenvalue weighted by atomic mass is 9.87. The summed E-state index contributed by atoms with van der Waals surface area (Å²) < 4.78 is 0. The Morgan fingerprint density at radius 2 is 1.67 bits per heavy atom. The normalized spacial score (nSPS) is 48.5. The summed E-state index contributed by atoms with van der Waals surface area (Å²) in [7, 11) is 0. The molecule has 2 fully saturated rings. The Hall–Kier alpha value is -0.0800. The average Bonchev–Trinajstić information content (AvgIpc) is 2.17. The molecule has 2 atom stereocenters. The predicted molar refractivity (Wildman–Crippen MR) is 48.9 cm³/mol. The summed E-state index contributed by atoms with van der Waals surface area (Å²) >= 11 is 0. The molecule has 2 bridgehead atoms. The second-order valence-corrected chi connectivity index (χ2v) is 4.87. The molecule has 0 aromatic rings. The molecule has 1 aliphatic carbocycles. The molecule has 1 aliphatic heterocycles. The van der Waals surface area contributed by atoms with Gasteiger partial charge in [-0.1, -0.05) is 0 Å². The highest BCUT2D eigenvalue weighted by Gasteiger charge is 2.34. The van der Waals surface area contributed by atoms with Crippen molar-refractivity contribution in [2.24, 2.45) is 11.8 Å². The van der Waals surface area contributed by atoms with Crippen LogP contribution in [0.4, 0.5) is 0 Å². The average molecular weight is 169 g/mol. The van der Waals surface area contributed by atoms with Crippen molar-refractivity contribution >= 4 is 0 Å². The first-order chi connectivity index (χ1) is 5.66. The van der Waals surface area contributed by atoms with Gasteiger partial charge in [0.15, 0.2) is 0 Å². The summed E-state index contributed by atoms with van der Waals surface area (Å²) in [5, 5.41) is 13.5. The fourth-order valence-corrected chi connectivity index (χ4v) is 2.84.